The molecule has 1 aromatic carbocycles. The SMILES string of the molecule is CCCCCCOc1ccc(OCCCCCC)[c]([Mg][Br])c1.Cl. The van der Waals surface area contributed by atoms with Gasteiger partial charge in [-0.2, -0.15) is 0 Å². The fourth-order valence-electron chi connectivity index (χ4n) is 2.32. The minimum atomic E-state index is -0.432. The summed E-state index contributed by atoms with van der Waals surface area (Å²) in [6, 6.07) is 6.27. The molecule has 0 saturated heterocycles. The van der Waals surface area contributed by atoms with E-state index in [1.54, 1.807) is 0 Å². The van der Waals surface area contributed by atoms with Crippen LogP contribution in [0.25, 0.3) is 0 Å². The van der Waals surface area contributed by atoms with Crippen LogP contribution in [0, 0.1) is 0 Å². The summed E-state index contributed by atoms with van der Waals surface area (Å²) in [5.74, 6) is 2.02. The molecule has 1 rings (SSSR count). The molecule has 0 aliphatic heterocycles. The molecule has 0 atom stereocenters. The van der Waals surface area contributed by atoms with Crippen LogP contribution >= 0.6 is 25.3 Å². The highest BCUT2D eigenvalue weighted by Gasteiger charge is 2.07. The van der Waals surface area contributed by atoms with Crippen LogP contribution in [-0.4, -0.2) is 31.4 Å². The van der Waals surface area contributed by atoms with Crippen LogP contribution in [0.4, 0.5) is 0 Å². The second-order valence-electron chi connectivity index (χ2n) is 5.72. The molecule has 0 aromatic heterocycles. The number of rotatable bonds is 13. The average Bonchev–Trinajstić information content (AvgIpc) is 2.55. The van der Waals surface area contributed by atoms with E-state index < -0.39 is 18.2 Å². The first-order chi connectivity index (χ1) is 10.8. The van der Waals surface area contributed by atoms with Crippen LogP contribution in [0.15, 0.2) is 18.2 Å². The second kappa shape index (κ2) is 15.9. The topological polar surface area (TPSA) is 18.5 Å². The van der Waals surface area contributed by atoms with E-state index in [0.717, 1.165) is 37.6 Å². The molecule has 1 aromatic rings. The molecule has 0 bridgehead atoms. The van der Waals surface area contributed by atoms with Gasteiger partial charge in [0.15, 0.2) is 0 Å². The van der Waals surface area contributed by atoms with Crippen molar-refractivity contribution in [3.63, 3.8) is 0 Å². The highest BCUT2D eigenvalue weighted by atomic mass is 79.9. The summed E-state index contributed by atoms with van der Waals surface area (Å²) in [6.07, 6.45) is 9.94. The van der Waals surface area contributed by atoms with E-state index in [-0.39, 0.29) is 12.4 Å². The minimum Gasteiger partial charge on any atom is -0.496 e. The molecule has 5 heteroatoms. The molecule has 0 amide bonds. The van der Waals surface area contributed by atoms with E-state index in [2.05, 4.69) is 38.9 Å². The van der Waals surface area contributed by atoms with Gasteiger partial charge in [-0.1, -0.05) is 52.4 Å². The molecular weight excluding hydrogens is 388 g/mol. The van der Waals surface area contributed by atoms with Gasteiger partial charge < -0.3 is 9.47 Å². The van der Waals surface area contributed by atoms with Crippen LogP contribution in [0.3, 0.4) is 0 Å². The smallest absolute Gasteiger partial charge is 0.496 e. The van der Waals surface area contributed by atoms with Crippen molar-refractivity contribution in [3.8, 4) is 11.5 Å². The third-order valence-electron chi connectivity index (χ3n) is 3.70. The van der Waals surface area contributed by atoms with Crippen molar-refractivity contribution < 1.29 is 9.47 Å². The van der Waals surface area contributed by atoms with Crippen molar-refractivity contribution >= 4 is 47.2 Å². The van der Waals surface area contributed by atoms with E-state index in [0.29, 0.717) is 0 Å². The Kier molecular flexibility index (Phi) is 16.1. The summed E-state index contributed by atoms with van der Waals surface area (Å²) in [4.78, 5) is 0. The van der Waals surface area contributed by atoms with Crippen molar-refractivity contribution in [2.45, 2.75) is 65.2 Å². The third-order valence-corrected chi connectivity index (χ3v) is 6.35. The van der Waals surface area contributed by atoms with Crippen molar-refractivity contribution in [2.75, 3.05) is 13.2 Å². The standard InChI is InChI=1S/C18H29O2.BrH.ClH.Mg/c1-3-5-7-9-15-19-17-11-13-18(14-12-17)20-16-10-8-6-4-2;;;/h11-13H,3-10,15-16H2,1-2H3;2*1H;/q;;;+1/p-1. The summed E-state index contributed by atoms with van der Waals surface area (Å²) < 4.78 is 13.1. The summed E-state index contributed by atoms with van der Waals surface area (Å²) >= 11 is 3.25. The van der Waals surface area contributed by atoms with E-state index in [1.165, 1.54) is 42.2 Å². The fourth-order valence-corrected chi connectivity index (χ4v) is 4.27. The lowest BCUT2D eigenvalue weighted by Gasteiger charge is -2.13. The molecule has 0 saturated carbocycles. The number of benzene rings is 1. The molecule has 0 radical (unpaired) electrons. The molecule has 0 N–H and O–H groups in total. The van der Waals surface area contributed by atoms with Gasteiger partial charge >= 0.3 is 18.2 Å². The van der Waals surface area contributed by atoms with Crippen molar-refractivity contribution in [1.29, 1.82) is 0 Å². The second-order valence-corrected chi connectivity index (χ2v) is 8.43. The molecule has 0 unspecified atom stereocenters. The molecule has 23 heavy (non-hydrogen) atoms. The fraction of sp³-hybridized carbons (Fsp3) is 0.667. The van der Waals surface area contributed by atoms with E-state index in [4.69, 9.17) is 9.47 Å². The maximum Gasteiger partial charge on any atom is 0.513 e. The highest BCUT2D eigenvalue weighted by Crippen LogP contribution is 2.17. The average molecular weight is 418 g/mol. The zero-order chi connectivity index (χ0) is 16.0. The van der Waals surface area contributed by atoms with Gasteiger partial charge in [-0.15, -0.1) is 16.1 Å². The van der Waals surface area contributed by atoms with Crippen LogP contribution < -0.4 is 13.2 Å². The number of ether oxygens (including phenoxy) is 2. The molecule has 0 heterocycles. The Morgan fingerprint density at radius 3 is 2.04 bits per heavy atom. The summed E-state index contributed by atoms with van der Waals surface area (Å²) in [7, 11) is 0. The van der Waals surface area contributed by atoms with Crippen LogP contribution in [0.1, 0.15) is 65.2 Å². The van der Waals surface area contributed by atoms with Gasteiger partial charge in [0.2, 0.25) is 0 Å². The normalized spacial score (nSPS) is 9.87. The van der Waals surface area contributed by atoms with Gasteiger partial charge in [0.05, 0.1) is 19.0 Å². The third kappa shape index (κ3) is 10.7. The summed E-state index contributed by atoms with van der Waals surface area (Å²) in [5.41, 5.74) is 0. The van der Waals surface area contributed by atoms with Gasteiger partial charge in [-0.3, -0.25) is 12.9 Å². The predicted molar refractivity (Wildman–Crippen MR) is 107 cm³/mol. The maximum absolute atomic E-state index is 5.94. The first kappa shape index (κ1) is 23.4. The van der Waals surface area contributed by atoms with E-state index in [1.807, 2.05) is 6.07 Å². The van der Waals surface area contributed by atoms with Crippen LogP contribution in [0.2, 0.25) is 0 Å². The Balaban J connectivity index is 0.00000484. The Morgan fingerprint density at radius 2 is 1.48 bits per heavy atom. The van der Waals surface area contributed by atoms with Gasteiger partial charge in [0, 0.05) is 0 Å². The molecule has 0 spiro atoms. The molecular formula is C18H30BrClMgO2. The summed E-state index contributed by atoms with van der Waals surface area (Å²) in [6.45, 7) is 6.11. The highest BCUT2D eigenvalue weighted by molar-refractivity contribution is 9.23. The Bertz CT molecular complexity index is 405. The first-order valence-corrected chi connectivity index (χ1v) is 13.4. The van der Waals surface area contributed by atoms with Crippen LogP contribution in [-0.2, 0) is 0 Å². The Hall–Kier alpha value is 0.356. The molecule has 0 aliphatic carbocycles. The Labute approximate surface area is 164 Å². The van der Waals surface area contributed by atoms with Gasteiger partial charge in [0.1, 0.15) is 5.75 Å². The number of halogens is 2. The van der Waals surface area contributed by atoms with Crippen molar-refractivity contribution in [3.05, 3.63) is 18.2 Å². The maximum atomic E-state index is 5.94. The lowest BCUT2D eigenvalue weighted by molar-refractivity contribution is 0.299. The first-order valence-electron chi connectivity index (χ1n) is 8.76. The monoisotopic (exact) mass is 416 g/mol. The lowest BCUT2D eigenvalue weighted by Crippen LogP contribution is -2.15. The quantitative estimate of drug-likeness (QED) is 0.304. The van der Waals surface area contributed by atoms with Gasteiger partial charge in [0.25, 0.3) is 0 Å². The van der Waals surface area contributed by atoms with Gasteiger partial charge in [-0.05, 0) is 31.0 Å². The van der Waals surface area contributed by atoms with Crippen LogP contribution in [0.5, 0.6) is 11.5 Å². The Morgan fingerprint density at radius 1 is 0.870 bits per heavy atom. The molecule has 0 fully saturated rings. The zero-order valence-electron chi connectivity index (χ0n) is 14.6. The summed E-state index contributed by atoms with van der Waals surface area (Å²) in [5, 5.41) is 0. The number of hydrogen-bond donors (Lipinski definition) is 0. The minimum absolute atomic E-state index is 0. The van der Waals surface area contributed by atoms with Crippen molar-refractivity contribution in [2.24, 2.45) is 0 Å². The van der Waals surface area contributed by atoms with E-state index >= 15 is 0 Å². The lowest BCUT2D eigenvalue weighted by atomic mass is 10.2. The predicted octanol–water partition coefficient (Wildman–Crippen LogP) is 5.67. The number of hydrogen-bond acceptors (Lipinski definition) is 2. The van der Waals surface area contributed by atoms with E-state index in [9.17, 15) is 0 Å². The molecule has 0 aliphatic rings. The molecule has 130 valence electrons. The van der Waals surface area contributed by atoms with Gasteiger partial charge in [-0.25, -0.2) is 0 Å². The number of unbranched alkanes of at least 4 members (excludes halogenated alkanes) is 6. The zero-order valence-corrected chi connectivity index (χ0v) is 18.4. The molecule has 2 nitrogen and oxygen atoms in total. The largest absolute Gasteiger partial charge is 0.513 e. The van der Waals surface area contributed by atoms with Crippen molar-refractivity contribution in [1.82, 2.24) is 0 Å².